The summed E-state index contributed by atoms with van der Waals surface area (Å²) in [6.07, 6.45) is -0.240. The lowest BCUT2D eigenvalue weighted by Gasteiger charge is -2.29. The third-order valence-corrected chi connectivity index (χ3v) is 7.53. The number of alkyl carbamates (subject to hydrolysis) is 1. The van der Waals surface area contributed by atoms with Gasteiger partial charge in [-0.2, -0.15) is 5.26 Å². The van der Waals surface area contributed by atoms with E-state index in [4.69, 9.17) is 4.74 Å². The zero-order valence-corrected chi connectivity index (χ0v) is 21.8. The number of para-hydroxylation sites is 1. The number of hydrogen-bond donors (Lipinski definition) is 3. The van der Waals surface area contributed by atoms with E-state index in [1.54, 1.807) is 6.07 Å². The number of carbonyl (C=O) groups excluding carboxylic acids is 4. The second-order valence-electron chi connectivity index (χ2n) is 10.8. The Kier molecular flexibility index (Phi) is 7.00. The van der Waals surface area contributed by atoms with Gasteiger partial charge in [0.15, 0.2) is 0 Å². The van der Waals surface area contributed by atoms with E-state index in [2.05, 4.69) is 22.0 Å². The Morgan fingerprint density at radius 3 is 2.59 bits per heavy atom. The van der Waals surface area contributed by atoms with Gasteiger partial charge in [0.05, 0.1) is 19.1 Å². The van der Waals surface area contributed by atoms with Crippen LogP contribution >= 0.6 is 0 Å². The van der Waals surface area contributed by atoms with Crippen LogP contribution in [-0.4, -0.2) is 54.5 Å². The summed E-state index contributed by atoms with van der Waals surface area (Å²) in [5.41, 5.74) is 2.35. The van der Waals surface area contributed by atoms with Crippen LogP contribution in [0, 0.1) is 28.6 Å². The number of carbonyl (C=O) groups is 4. The minimum absolute atomic E-state index is 0.0306. The van der Waals surface area contributed by atoms with Gasteiger partial charge < -0.3 is 25.6 Å². The molecule has 1 aromatic carbocycles. The number of methoxy groups -OCH3 is 1. The SMILES string of the molecule is COC(=O)N[C@@H](CC(C)C)C(=O)N1C[C@H]2C(=C1C(=O)N[C@H](C#N)CC1C(=O)Nc3ccccc31)C2(C)C. The van der Waals surface area contributed by atoms with Crippen LogP contribution in [0.25, 0.3) is 0 Å². The standard InChI is InChI=1S/C27H33N5O5/c1-14(2)10-20(31-26(36)37-5)25(35)32-13-18-21(27(18,3)4)22(32)24(34)29-15(12-28)11-17-16-8-6-7-9-19(16)30-23(17)33/h6-9,14-15,17-18,20H,10-11,13H2,1-5H3,(H,29,34)(H,30,33)(H,31,36)/t15-,17?,18-,20-/m0/s1. The summed E-state index contributed by atoms with van der Waals surface area (Å²) in [6.45, 7) is 8.23. The van der Waals surface area contributed by atoms with Crippen LogP contribution in [0.3, 0.4) is 0 Å². The van der Waals surface area contributed by atoms with Gasteiger partial charge in [0.25, 0.3) is 5.91 Å². The van der Waals surface area contributed by atoms with E-state index in [1.165, 1.54) is 12.0 Å². The van der Waals surface area contributed by atoms with Crippen molar-refractivity contribution in [3.63, 3.8) is 0 Å². The fourth-order valence-corrected chi connectivity index (χ4v) is 5.49. The van der Waals surface area contributed by atoms with E-state index in [9.17, 15) is 24.4 Å². The highest BCUT2D eigenvalue weighted by atomic mass is 16.5. The molecule has 0 aromatic heterocycles. The molecule has 4 atom stereocenters. The number of hydrogen-bond acceptors (Lipinski definition) is 6. The minimum atomic E-state index is -0.944. The van der Waals surface area contributed by atoms with Gasteiger partial charge in [-0.3, -0.25) is 14.4 Å². The summed E-state index contributed by atoms with van der Waals surface area (Å²) in [5.74, 6) is -1.57. The van der Waals surface area contributed by atoms with Crippen molar-refractivity contribution in [2.75, 3.05) is 19.0 Å². The molecule has 10 heteroatoms. The summed E-state index contributed by atoms with van der Waals surface area (Å²) in [6, 6.07) is 7.57. The van der Waals surface area contributed by atoms with Gasteiger partial charge in [0.1, 0.15) is 17.8 Å². The van der Waals surface area contributed by atoms with Crippen molar-refractivity contribution in [2.45, 2.75) is 58.5 Å². The molecule has 0 saturated heterocycles. The molecule has 1 aromatic rings. The molecular weight excluding hydrogens is 474 g/mol. The Hall–Kier alpha value is -3.87. The molecule has 3 aliphatic rings. The summed E-state index contributed by atoms with van der Waals surface area (Å²) in [5, 5.41) is 18.0. The number of amides is 4. The monoisotopic (exact) mass is 507 g/mol. The first-order chi connectivity index (χ1) is 17.5. The molecule has 1 saturated carbocycles. The number of rotatable bonds is 8. The van der Waals surface area contributed by atoms with Crippen LogP contribution in [-0.2, 0) is 19.1 Å². The Morgan fingerprint density at radius 1 is 1.24 bits per heavy atom. The fraction of sp³-hybridized carbons (Fsp3) is 0.519. The molecule has 2 aliphatic heterocycles. The Balaban J connectivity index is 1.54. The molecule has 196 valence electrons. The Morgan fingerprint density at radius 2 is 1.95 bits per heavy atom. The first-order valence-electron chi connectivity index (χ1n) is 12.5. The van der Waals surface area contributed by atoms with Crippen LogP contribution < -0.4 is 16.0 Å². The summed E-state index contributed by atoms with van der Waals surface area (Å²) in [7, 11) is 1.23. The zero-order valence-electron chi connectivity index (χ0n) is 21.8. The molecule has 37 heavy (non-hydrogen) atoms. The average molecular weight is 508 g/mol. The van der Waals surface area contributed by atoms with Gasteiger partial charge in [-0.1, -0.05) is 45.9 Å². The number of benzene rings is 1. The van der Waals surface area contributed by atoms with E-state index in [0.29, 0.717) is 18.7 Å². The molecule has 4 amide bonds. The first-order valence-corrected chi connectivity index (χ1v) is 12.5. The van der Waals surface area contributed by atoms with Crippen LogP contribution in [0.4, 0.5) is 10.5 Å². The predicted molar refractivity (Wildman–Crippen MR) is 135 cm³/mol. The van der Waals surface area contributed by atoms with Crippen molar-refractivity contribution < 1.29 is 23.9 Å². The molecule has 10 nitrogen and oxygen atoms in total. The zero-order chi connectivity index (χ0) is 27.1. The number of nitrogens with one attached hydrogen (secondary N) is 3. The number of anilines is 1. The third-order valence-electron chi connectivity index (χ3n) is 7.53. The summed E-state index contributed by atoms with van der Waals surface area (Å²) >= 11 is 0. The number of ether oxygens (including phenoxy) is 1. The normalized spacial score (nSPS) is 22.4. The smallest absolute Gasteiger partial charge is 0.407 e. The van der Waals surface area contributed by atoms with Crippen LogP contribution in [0.2, 0.25) is 0 Å². The molecule has 0 radical (unpaired) electrons. The van der Waals surface area contributed by atoms with Gasteiger partial charge in [-0.25, -0.2) is 4.79 Å². The molecule has 1 fully saturated rings. The molecule has 4 rings (SSSR count). The predicted octanol–water partition coefficient (Wildman–Crippen LogP) is 2.64. The second kappa shape index (κ2) is 9.88. The molecule has 1 aliphatic carbocycles. The highest BCUT2D eigenvalue weighted by Crippen LogP contribution is 2.63. The maximum atomic E-state index is 13.6. The fourth-order valence-electron chi connectivity index (χ4n) is 5.49. The molecule has 1 unspecified atom stereocenters. The van der Waals surface area contributed by atoms with Gasteiger partial charge in [0.2, 0.25) is 11.8 Å². The van der Waals surface area contributed by atoms with E-state index in [-0.39, 0.29) is 35.3 Å². The summed E-state index contributed by atoms with van der Waals surface area (Å²) in [4.78, 5) is 53.0. The molecule has 2 heterocycles. The highest BCUT2D eigenvalue weighted by molar-refractivity contribution is 6.04. The van der Waals surface area contributed by atoms with Crippen molar-refractivity contribution in [1.29, 1.82) is 5.26 Å². The largest absolute Gasteiger partial charge is 0.453 e. The minimum Gasteiger partial charge on any atom is -0.453 e. The van der Waals surface area contributed by atoms with E-state index in [0.717, 1.165) is 11.1 Å². The van der Waals surface area contributed by atoms with E-state index in [1.807, 2.05) is 45.9 Å². The molecule has 0 spiro atoms. The summed E-state index contributed by atoms with van der Waals surface area (Å²) < 4.78 is 4.70. The average Bonchev–Trinajstić information content (AvgIpc) is 3.16. The Labute approximate surface area is 216 Å². The van der Waals surface area contributed by atoms with Crippen LogP contribution in [0.1, 0.15) is 52.0 Å². The topological polar surface area (TPSA) is 141 Å². The first kappa shape index (κ1) is 26.2. The van der Waals surface area contributed by atoms with Crippen molar-refractivity contribution >= 4 is 29.5 Å². The van der Waals surface area contributed by atoms with Crippen molar-refractivity contribution in [2.24, 2.45) is 17.3 Å². The molecular formula is C27H33N5O5. The maximum absolute atomic E-state index is 13.6. The molecule has 3 N–H and O–H groups in total. The number of nitrogens with zero attached hydrogens (tertiary/aromatic N) is 2. The van der Waals surface area contributed by atoms with E-state index >= 15 is 0 Å². The number of fused-ring (bicyclic) bond motifs is 2. The van der Waals surface area contributed by atoms with Gasteiger partial charge in [0, 0.05) is 18.2 Å². The highest BCUT2D eigenvalue weighted by Gasteiger charge is 2.61. The lowest BCUT2D eigenvalue weighted by molar-refractivity contribution is -0.134. The third kappa shape index (κ3) is 4.90. The van der Waals surface area contributed by atoms with Crippen molar-refractivity contribution in [3.05, 3.63) is 41.1 Å². The van der Waals surface area contributed by atoms with Crippen molar-refractivity contribution in [1.82, 2.24) is 15.5 Å². The number of nitriles is 1. The second-order valence-corrected chi connectivity index (χ2v) is 10.8. The Bertz CT molecular complexity index is 1210. The lowest BCUT2D eigenvalue weighted by Crippen LogP contribution is -2.51. The van der Waals surface area contributed by atoms with Gasteiger partial charge >= 0.3 is 6.09 Å². The van der Waals surface area contributed by atoms with Crippen molar-refractivity contribution in [3.8, 4) is 6.07 Å². The maximum Gasteiger partial charge on any atom is 0.407 e. The lowest BCUT2D eigenvalue weighted by atomic mass is 9.93. The van der Waals surface area contributed by atoms with Gasteiger partial charge in [-0.05, 0) is 41.4 Å². The molecule has 0 bridgehead atoms. The van der Waals surface area contributed by atoms with Gasteiger partial charge in [-0.15, -0.1) is 0 Å². The van der Waals surface area contributed by atoms with Crippen LogP contribution in [0.15, 0.2) is 35.5 Å². The van der Waals surface area contributed by atoms with E-state index < -0.39 is 35.9 Å². The van der Waals surface area contributed by atoms with Crippen LogP contribution in [0.5, 0.6) is 0 Å². The quantitative estimate of drug-likeness (QED) is 0.494.